The number of hydrogen-bond donors (Lipinski definition) is 1. The van der Waals surface area contributed by atoms with E-state index in [0.717, 1.165) is 18.5 Å². The number of nitrogens with zero attached hydrogens (tertiary/aromatic N) is 4. The summed E-state index contributed by atoms with van der Waals surface area (Å²) in [5.74, 6) is 0. The Balaban J connectivity index is 2.41. The molecule has 0 unspecified atom stereocenters. The Morgan fingerprint density at radius 1 is 1.00 bits per heavy atom. The number of aliphatic hydroxyl groups is 1. The first-order chi connectivity index (χ1) is 6.88. The zero-order chi connectivity index (χ0) is 10.2. The molecule has 0 saturated heterocycles. The van der Waals surface area contributed by atoms with Crippen LogP contribution in [0.4, 0.5) is 0 Å². The molecule has 5 nitrogen and oxygen atoms in total. The zero-order valence-electron chi connectivity index (χ0n) is 8.48. The fraction of sp³-hybridized carbons (Fsp3) is 0.778. The molecular formula is C9H16N4O. The van der Waals surface area contributed by atoms with Gasteiger partial charge in [-0.15, -0.1) is 10.2 Å². The highest BCUT2D eigenvalue weighted by molar-refractivity contribution is 5.05. The minimum atomic E-state index is -0.106. The summed E-state index contributed by atoms with van der Waals surface area (Å²) in [5, 5.41) is 23.4. The van der Waals surface area contributed by atoms with Crippen LogP contribution in [0, 0.1) is 0 Å². The molecule has 14 heavy (non-hydrogen) atoms. The van der Waals surface area contributed by atoms with Crippen molar-refractivity contribution in [1.82, 2.24) is 20.6 Å². The molecule has 0 spiro atoms. The van der Waals surface area contributed by atoms with Gasteiger partial charge in [-0.2, -0.15) is 0 Å². The maximum Gasteiger partial charge on any atom is 0.114 e. The summed E-state index contributed by atoms with van der Waals surface area (Å²) in [7, 11) is 0. The van der Waals surface area contributed by atoms with E-state index in [1.54, 1.807) is 0 Å². The predicted octanol–water partition coefficient (Wildman–Crippen LogP) is 0.882. The van der Waals surface area contributed by atoms with Gasteiger partial charge in [0.05, 0.1) is 12.3 Å². The summed E-state index contributed by atoms with van der Waals surface area (Å²) in [5.41, 5.74) is 1.33. The van der Waals surface area contributed by atoms with Crippen molar-refractivity contribution in [3.8, 4) is 0 Å². The highest BCUT2D eigenvalue weighted by Crippen LogP contribution is 2.07. The average molecular weight is 196 g/mol. The van der Waals surface area contributed by atoms with Crippen LogP contribution in [-0.4, -0.2) is 25.7 Å². The number of aryl methyl sites for hydroxylation is 1. The molecule has 0 radical (unpaired) electrons. The fourth-order valence-electron chi connectivity index (χ4n) is 1.30. The molecule has 1 aromatic heterocycles. The van der Waals surface area contributed by atoms with Gasteiger partial charge in [-0.05, 0) is 23.3 Å². The Morgan fingerprint density at radius 2 is 1.71 bits per heavy atom. The number of aromatic nitrogens is 4. The smallest absolute Gasteiger partial charge is 0.114 e. The summed E-state index contributed by atoms with van der Waals surface area (Å²) in [4.78, 5) is 0. The van der Waals surface area contributed by atoms with Crippen molar-refractivity contribution in [2.24, 2.45) is 0 Å². The number of aliphatic hydroxyl groups excluding tert-OH is 1. The summed E-state index contributed by atoms with van der Waals surface area (Å²) < 4.78 is 0. The standard InChI is InChI=1S/C9H16N4O/c1-2-3-4-5-6-8-9(7-14)11-13-12-10-8/h14H,2-7H2,1H3. The van der Waals surface area contributed by atoms with Crippen LogP contribution in [0.1, 0.15) is 44.0 Å². The Morgan fingerprint density at radius 3 is 2.36 bits per heavy atom. The van der Waals surface area contributed by atoms with Crippen molar-refractivity contribution in [3.63, 3.8) is 0 Å². The predicted molar refractivity (Wildman–Crippen MR) is 51.4 cm³/mol. The van der Waals surface area contributed by atoms with Crippen LogP contribution in [0.3, 0.4) is 0 Å². The lowest BCUT2D eigenvalue weighted by Crippen LogP contribution is -2.06. The van der Waals surface area contributed by atoms with E-state index >= 15 is 0 Å². The molecule has 0 amide bonds. The van der Waals surface area contributed by atoms with Crippen LogP contribution < -0.4 is 0 Å². The van der Waals surface area contributed by atoms with Crippen molar-refractivity contribution in [1.29, 1.82) is 0 Å². The van der Waals surface area contributed by atoms with E-state index in [1.807, 2.05) is 0 Å². The Bertz CT molecular complexity index is 267. The SMILES string of the molecule is CCCCCCc1nnnnc1CO. The molecular weight excluding hydrogens is 180 g/mol. The van der Waals surface area contributed by atoms with Crippen molar-refractivity contribution >= 4 is 0 Å². The maximum atomic E-state index is 8.95. The molecule has 0 aromatic carbocycles. The third-order valence-electron chi connectivity index (χ3n) is 2.12. The van der Waals surface area contributed by atoms with Gasteiger partial charge >= 0.3 is 0 Å². The van der Waals surface area contributed by atoms with E-state index in [9.17, 15) is 0 Å². The lowest BCUT2D eigenvalue weighted by molar-refractivity contribution is 0.271. The van der Waals surface area contributed by atoms with E-state index in [1.165, 1.54) is 19.3 Å². The van der Waals surface area contributed by atoms with Crippen LogP contribution in [0.25, 0.3) is 0 Å². The Kier molecular flexibility index (Phi) is 4.99. The molecule has 0 saturated carbocycles. The van der Waals surface area contributed by atoms with Crippen molar-refractivity contribution < 1.29 is 5.11 Å². The van der Waals surface area contributed by atoms with E-state index in [4.69, 9.17) is 5.11 Å². The van der Waals surface area contributed by atoms with E-state index in [0.29, 0.717) is 5.69 Å². The molecule has 1 N–H and O–H groups in total. The van der Waals surface area contributed by atoms with Crippen LogP contribution in [0.15, 0.2) is 0 Å². The van der Waals surface area contributed by atoms with Gasteiger partial charge in [0.25, 0.3) is 0 Å². The van der Waals surface area contributed by atoms with Gasteiger partial charge in [0.2, 0.25) is 0 Å². The summed E-state index contributed by atoms with van der Waals surface area (Å²) >= 11 is 0. The van der Waals surface area contributed by atoms with Crippen molar-refractivity contribution in [3.05, 3.63) is 11.4 Å². The average Bonchev–Trinajstić information content (AvgIpc) is 2.25. The summed E-state index contributed by atoms with van der Waals surface area (Å²) in [6.07, 6.45) is 5.54. The van der Waals surface area contributed by atoms with Gasteiger partial charge in [0.15, 0.2) is 0 Å². The second-order valence-electron chi connectivity index (χ2n) is 3.24. The van der Waals surface area contributed by atoms with E-state index < -0.39 is 0 Å². The van der Waals surface area contributed by atoms with Crippen LogP contribution in [0.5, 0.6) is 0 Å². The molecule has 1 rings (SSSR count). The fourth-order valence-corrected chi connectivity index (χ4v) is 1.30. The molecule has 0 bridgehead atoms. The minimum Gasteiger partial charge on any atom is -0.390 e. The molecule has 0 aliphatic heterocycles. The van der Waals surface area contributed by atoms with Crippen LogP contribution >= 0.6 is 0 Å². The Labute approximate surface area is 83.6 Å². The lowest BCUT2D eigenvalue weighted by Gasteiger charge is -2.01. The first-order valence-electron chi connectivity index (χ1n) is 5.03. The van der Waals surface area contributed by atoms with Gasteiger partial charge in [-0.3, -0.25) is 0 Å². The molecule has 5 heteroatoms. The van der Waals surface area contributed by atoms with Gasteiger partial charge < -0.3 is 5.11 Å². The topological polar surface area (TPSA) is 71.8 Å². The number of rotatable bonds is 6. The number of unbranched alkanes of at least 4 members (excludes halogenated alkanes) is 3. The summed E-state index contributed by atoms with van der Waals surface area (Å²) in [6.45, 7) is 2.07. The molecule has 0 aliphatic rings. The second kappa shape index (κ2) is 6.37. The van der Waals surface area contributed by atoms with Crippen LogP contribution in [-0.2, 0) is 13.0 Å². The van der Waals surface area contributed by atoms with Gasteiger partial charge in [-0.1, -0.05) is 26.2 Å². The largest absolute Gasteiger partial charge is 0.390 e. The molecule has 0 aliphatic carbocycles. The van der Waals surface area contributed by atoms with Crippen molar-refractivity contribution in [2.45, 2.75) is 45.6 Å². The minimum absolute atomic E-state index is 0.106. The van der Waals surface area contributed by atoms with Gasteiger partial charge in [-0.25, -0.2) is 0 Å². The normalized spacial score (nSPS) is 10.4. The highest BCUT2D eigenvalue weighted by Gasteiger charge is 2.04. The lowest BCUT2D eigenvalue weighted by atomic mass is 10.1. The van der Waals surface area contributed by atoms with Gasteiger partial charge in [0.1, 0.15) is 5.69 Å². The quantitative estimate of drug-likeness (QED) is 0.684. The highest BCUT2D eigenvalue weighted by atomic mass is 16.3. The monoisotopic (exact) mass is 196 g/mol. The maximum absolute atomic E-state index is 8.95. The van der Waals surface area contributed by atoms with E-state index in [-0.39, 0.29) is 6.61 Å². The molecule has 1 heterocycles. The molecule has 78 valence electrons. The molecule has 1 aromatic rings. The number of hydrogen-bond acceptors (Lipinski definition) is 5. The van der Waals surface area contributed by atoms with Gasteiger partial charge in [0, 0.05) is 0 Å². The second-order valence-corrected chi connectivity index (χ2v) is 3.24. The zero-order valence-corrected chi connectivity index (χ0v) is 8.48. The molecule has 0 atom stereocenters. The van der Waals surface area contributed by atoms with Crippen molar-refractivity contribution in [2.75, 3.05) is 0 Å². The molecule has 0 fully saturated rings. The Hall–Kier alpha value is -1.10. The first kappa shape index (κ1) is 11.0. The third kappa shape index (κ3) is 3.33. The van der Waals surface area contributed by atoms with Crippen LogP contribution in [0.2, 0.25) is 0 Å². The third-order valence-corrected chi connectivity index (χ3v) is 2.12. The van der Waals surface area contributed by atoms with E-state index in [2.05, 4.69) is 27.5 Å². The first-order valence-corrected chi connectivity index (χ1v) is 5.03. The summed E-state index contributed by atoms with van der Waals surface area (Å²) in [6, 6.07) is 0.